The minimum absolute atomic E-state index is 0.793. The molecule has 156 valence electrons. The Morgan fingerprint density at radius 3 is 1.97 bits per heavy atom. The molecule has 0 N–H and O–H groups in total. The monoisotopic (exact) mass is 390 g/mol. The van der Waals surface area contributed by atoms with Gasteiger partial charge in [-0.05, 0) is 75.9 Å². The van der Waals surface area contributed by atoms with Crippen LogP contribution < -0.4 is 4.74 Å². The zero-order valence-corrected chi connectivity index (χ0v) is 19.2. The van der Waals surface area contributed by atoms with Crippen molar-refractivity contribution in [1.29, 1.82) is 0 Å². The molecule has 0 aliphatic heterocycles. The Labute approximate surface area is 179 Å². The highest BCUT2D eigenvalue weighted by Gasteiger charge is 1.96. The molecule has 0 radical (unpaired) electrons. The van der Waals surface area contributed by atoms with Gasteiger partial charge in [0.05, 0.1) is 0 Å². The summed E-state index contributed by atoms with van der Waals surface area (Å²) in [6.07, 6.45) is 9.60. The number of allylic oxidation sites excluding steroid dienone is 5. The van der Waals surface area contributed by atoms with Gasteiger partial charge in [0.15, 0.2) is 0 Å². The van der Waals surface area contributed by atoms with Crippen molar-refractivity contribution < 1.29 is 4.74 Å². The molecule has 1 heteroatoms. The zero-order chi connectivity index (χ0) is 22.1. The molecule has 0 unspecified atom stereocenters. The maximum Gasteiger partial charge on any atom is 0.127 e. The van der Waals surface area contributed by atoms with Gasteiger partial charge in [0, 0.05) is 0 Å². The van der Waals surface area contributed by atoms with Gasteiger partial charge in [0.1, 0.15) is 11.5 Å². The fourth-order valence-corrected chi connectivity index (χ4v) is 2.27. The topological polar surface area (TPSA) is 9.23 Å². The largest absolute Gasteiger partial charge is 0.457 e. The second-order valence-electron chi connectivity index (χ2n) is 6.95. The van der Waals surface area contributed by atoms with Crippen LogP contribution in [0.1, 0.15) is 51.3 Å². The highest BCUT2D eigenvalue weighted by atomic mass is 16.5. The van der Waals surface area contributed by atoms with Crippen LogP contribution in [-0.2, 0) is 12.8 Å². The van der Waals surface area contributed by atoms with E-state index in [9.17, 15) is 0 Å². The summed E-state index contributed by atoms with van der Waals surface area (Å²) in [4.78, 5) is 0. The van der Waals surface area contributed by atoms with E-state index in [1.54, 1.807) is 6.08 Å². The van der Waals surface area contributed by atoms with E-state index in [0.29, 0.717) is 0 Å². The summed E-state index contributed by atoms with van der Waals surface area (Å²) in [7, 11) is 0. The Morgan fingerprint density at radius 2 is 1.55 bits per heavy atom. The van der Waals surface area contributed by atoms with Crippen molar-refractivity contribution in [3.8, 4) is 5.75 Å². The number of ether oxygens (including phenoxy) is 1. The molecule has 2 rings (SSSR count). The molecule has 2 aromatic rings. The van der Waals surface area contributed by atoms with Crippen LogP contribution in [0.2, 0.25) is 0 Å². The van der Waals surface area contributed by atoms with Gasteiger partial charge < -0.3 is 4.74 Å². The highest BCUT2D eigenvalue weighted by molar-refractivity contribution is 5.31. The summed E-state index contributed by atoms with van der Waals surface area (Å²) < 4.78 is 5.70. The first-order valence-electron chi connectivity index (χ1n) is 10.3. The molecule has 0 aromatic heterocycles. The van der Waals surface area contributed by atoms with Crippen LogP contribution in [-0.4, -0.2) is 0 Å². The molecular weight excluding hydrogens is 352 g/mol. The predicted molar refractivity (Wildman–Crippen MR) is 131 cm³/mol. The number of hydrogen-bond acceptors (Lipinski definition) is 1. The normalized spacial score (nSPS) is 10.3. The molecule has 1 nitrogen and oxygen atoms in total. The van der Waals surface area contributed by atoms with Gasteiger partial charge in [-0.15, -0.1) is 6.58 Å². The van der Waals surface area contributed by atoms with Gasteiger partial charge in [0.25, 0.3) is 0 Å². The van der Waals surface area contributed by atoms with Crippen molar-refractivity contribution in [2.75, 3.05) is 0 Å². The second kappa shape index (κ2) is 16.2. The second-order valence-corrected chi connectivity index (χ2v) is 6.95. The predicted octanol–water partition coefficient (Wildman–Crippen LogP) is 8.41. The Morgan fingerprint density at radius 1 is 0.966 bits per heavy atom. The first-order valence-corrected chi connectivity index (χ1v) is 10.3. The fraction of sp³-hybridized carbons (Fsp3) is 0.286. The summed E-state index contributed by atoms with van der Waals surface area (Å²) in [5.41, 5.74) is 5.26. The molecule has 29 heavy (non-hydrogen) atoms. The minimum atomic E-state index is 0.793. The molecule has 2 aromatic carbocycles. The average Bonchev–Trinajstić information content (AvgIpc) is 2.69. The van der Waals surface area contributed by atoms with Crippen LogP contribution in [0.3, 0.4) is 0 Å². The summed E-state index contributed by atoms with van der Waals surface area (Å²) in [5, 5.41) is 0. The quantitative estimate of drug-likeness (QED) is 0.273. The zero-order valence-electron chi connectivity index (χ0n) is 19.2. The summed E-state index contributed by atoms with van der Waals surface area (Å²) in [5.74, 6) is 1.64. The molecule has 0 bridgehead atoms. The Bertz CT molecular complexity index is 772. The van der Waals surface area contributed by atoms with E-state index in [1.807, 2.05) is 51.1 Å². The summed E-state index contributed by atoms with van der Waals surface area (Å²) in [6.45, 7) is 19.6. The standard InChI is InChI=1S/C15H18O.C9H12.C4H8/c1-4-7-14(8-5-2)16-15-11-9-13(6-3)10-12-15;1-3-9-6-4-5-8(2)7-9;1-4(2)3/h4-5,7-12H,1,6H2,2-3H3;4-7H,3H2,1-2H3;1H2,2-3H3/b8-5-,14-7+;;. The van der Waals surface area contributed by atoms with Gasteiger partial charge in [0.2, 0.25) is 0 Å². The maximum absolute atomic E-state index is 5.70. The molecule has 0 aliphatic rings. The van der Waals surface area contributed by atoms with Crippen molar-refractivity contribution in [2.24, 2.45) is 0 Å². The Kier molecular flexibility index (Phi) is 14.6. The lowest BCUT2D eigenvalue weighted by molar-refractivity contribution is 0.444. The highest BCUT2D eigenvalue weighted by Crippen LogP contribution is 2.16. The molecule has 0 atom stereocenters. The smallest absolute Gasteiger partial charge is 0.127 e. The van der Waals surface area contributed by atoms with Crippen LogP contribution in [0.4, 0.5) is 0 Å². The number of hydrogen-bond donors (Lipinski definition) is 0. The molecule has 0 saturated heterocycles. The van der Waals surface area contributed by atoms with Gasteiger partial charge >= 0.3 is 0 Å². The van der Waals surface area contributed by atoms with Crippen LogP contribution in [0, 0.1) is 6.92 Å². The Balaban J connectivity index is 0.000000504. The van der Waals surface area contributed by atoms with Gasteiger partial charge in [-0.25, -0.2) is 0 Å². The summed E-state index contributed by atoms with van der Waals surface area (Å²) >= 11 is 0. The molecular formula is C28H38O. The lowest BCUT2D eigenvalue weighted by Gasteiger charge is -2.06. The average molecular weight is 391 g/mol. The van der Waals surface area contributed by atoms with E-state index >= 15 is 0 Å². The summed E-state index contributed by atoms with van der Waals surface area (Å²) in [6, 6.07) is 16.7. The Hall–Kier alpha value is -2.80. The molecule has 0 heterocycles. The van der Waals surface area contributed by atoms with Crippen LogP contribution in [0.25, 0.3) is 0 Å². The molecule has 0 saturated carbocycles. The minimum Gasteiger partial charge on any atom is -0.457 e. The SMILES string of the molecule is C=C(C)C.C=C/C=C(\C=C/C)Oc1ccc(CC)cc1.CCc1cccc(C)c1. The van der Waals surface area contributed by atoms with Gasteiger partial charge in [-0.2, -0.15) is 0 Å². The number of rotatable bonds is 6. The van der Waals surface area contributed by atoms with Crippen molar-refractivity contribution in [1.82, 2.24) is 0 Å². The molecule has 0 aliphatic carbocycles. The van der Waals surface area contributed by atoms with Crippen molar-refractivity contribution in [3.05, 3.63) is 114 Å². The van der Waals surface area contributed by atoms with E-state index in [0.717, 1.165) is 24.4 Å². The third kappa shape index (κ3) is 13.9. The lowest BCUT2D eigenvalue weighted by atomic mass is 10.1. The van der Waals surface area contributed by atoms with E-state index in [4.69, 9.17) is 4.74 Å². The van der Waals surface area contributed by atoms with Crippen molar-refractivity contribution >= 4 is 0 Å². The van der Waals surface area contributed by atoms with E-state index < -0.39 is 0 Å². The lowest BCUT2D eigenvalue weighted by Crippen LogP contribution is -1.92. The third-order valence-corrected chi connectivity index (χ3v) is 3.67. The molecule has 0 amide bonds. The maximum atomic E-state index is 5.70. The van der Waals surface area contributed by atoms with E-state index in [-0.39, 0.29) is 0 Å². The molecule has 0 fully saturated rings. The fourth-order valence-electron chi connectivity index (χ4n) is 2.27. The molecule has 0 spiro atoms. The first kappa shape index (κ1) is 26.2. The van der Waals surface area contributed by atoms with Gasteiger partial charge in [-0.3, -0.25) is 0 Å². The number of aryl methyl sites for hydroxylation is 3. The van der Waals surface area contributed by atoms with Crippen molar-refractivity contribution in [3.63, 3.8) is 0 Å². The van der Waals surface area contributed by atoms with E-state index in [2.05, 4.69) is 70.3 Å². The van der Waals surface area contributed by atoms with Crippen LogP contribution >= 0.6 is 0 Å². The first-order chi connectivity index (χ1) is 13.9. The van der Waals surface area contributed by atoms with E-state index in [1.165, 1.54) is 22.3 Å². The van der Waals surface area contributed by atoms with Crippen molar-refractivity contribution in [2.45, 2.75) is 54.4 Å². The van der Waals surface area contributed by atoms with Crippen LogP contribution in [0.5, 0.6) is 5.75 Å². The third-order valence-electron chi connectivity index (χ3n) is 3.67. The van der Waals surface area contributed by atoms with Crippen LogP contribution in [0.15, 0.2) is 97.3 Å². The number of benzene rings is 2. The van der Waals surface area contributed by atoms with Gasteiger partial charge in [-0.1, -0.05) is 80.1 Å².